The lowest BCUT2D eigenvalue weighted by atomic mass is 9.74. The second-order valence-electron chi connectivity index (χ2n) is 6.86. The largest absolute Gasteiger partial charge is 0.379 e. The van der Waals surface area contributed by atoms with Crippen molar-refractivity contribution >= 4 is 23.1 Å². The Morgan fingerprint density at radius 1 is 1.04 bits per heavy atom. The predicted molar refractivity (Wildman–Crippen MR) is 102 cm³/mol. The zero-order chi connectivity index (χ0) is 17.8. The van der Waals surface area contributed by atoms with E-state index in [0.29, 0.717) is 13.2 Å². The van der Waals surface area contributed by atoms with E-state index in [1.54, 1.807) is 6.20 Å². The van der Waals surface area contributed by atoms with Gasteiger partial charge in [-0.3, -0.25) is 9.69 Å². The van der Waals surface area contributed by atoms with Crippen LogP contribution in [-0.2, 0) is 9.53 Å². The summed E-state index contributed by atoms with van der Waals surface area (Å²) in [5.74, 6) is 0.831. The van der Waals surface area contributed by atoms with Crippen molar-refractivity contribution in [3.63, 3.8) is 0 Å². The molecule has 1 aromatic heterocycles. The summed E-state index contributed by atoms with van der Waals surface area (Å²) >= 11 is 0. The van der Waals surface area contributed by atoms with Gasteiger partial charge in [0.1, 0.15) is 11.4 Å². The molecular weight excluding hydrogens is 328 g/mol. The molecule has 0 atom stereocenters. The number of anilines is 3. The molecule has 26 heavy (non-hydrogen) atoms. The number of ether oxygens (including phenoxy) is 1. The number of carbonyl (C=O) groups excluding carboxylic acids is 1. The molecule has 6 nitrogen and oxygen atoms in total. The Hall–Kier alpha value is -2.44. The van der Waals surface area contributed by atoms with Gasteiger partial charge < -0.3 is 15.4 Å². The zero-order valence-electron chi connectivity index (χ0n) is 14.8. The van der Waals surface area contributed by atoms with Gasteiger partial charge in [-0.15, -0.1) is 0 Å². The van der Waals surface area contributed by atoms with Crippen LogP contribution in [0.15, 0.2) is 48.7 Å². The number of morpholine rings is 1. The maximum atomic E-state index is 13.0. The smallest absolute Gasteiger partial charge is 0.244 e. The maximum absolute atomic E-state index is 13.0. The lowest BCUT2D eigenvalue weighted by Gasteiger charge is -2.49. The van der Waals surface area contributed by atoms with Crippen LogP contribution in [0.5, 0.6) is 0 Å². The fourth-order valence-corrected chi connectivity index (χ4v) is 3.65. The number of para-hydroxylation sites is 1. The maximum Gasteiger partial charge on any atom is 0.244 e. The molecule has 2 aliphatic rings. The molecule has 1 saturated heterocycles. The number of rotatable bonds is 5. The highest BCUT2D eigenvalue weighted by molar-refractivity contribution is 5.98. The fraction of sp³-hybridized carbons (Fsp3) is 0.400. The third-order valence-corrected chi connectivity index (χ3v) is 5.29. The molecule has 0 unspecified atom stereocenters. The van der Waals surface area contributed by atoms with Crippen LogP contribution in [0, 0.1) is 0 Å². The minimum Gasteiger partial charge on any atom is -0.379 e. The van der Waals surface area contributed by atoms with E-state index >= 15 is 0 Å². The highest BCUT2D eigenvalue weighted by Gasteiger charge is 2.49. The minimum atomic E-state index is -0.370. The number of pyridine rings is 1. The first-order chi connectivity index (χ1) is 12.8. The van der Waals surface area contributed by atoms with Crippen LogP contribution >= 0.6 is 0 Å². The molecule has 0 bridgehead atoms. The topological polar surface area (TPSA) is 66.5 Å². The Bertz CT molecular complexity index is 738. The molecule has 6 heteroatoms. The lowest BCUT2D eigenvalue weighted by Crippen LogP contribution is -2.63. The number of amides is 1. The van der Waals surface area contributed by atoms with Crippen LogP contribution in [-0.4, -0.2) is 47.6 Å². The molecular formula is C20H24N4O2. The van der Waals surface area contributed by atoms with Gasteiger partial charge in [-0.1, -0.05) is 18.2 Å². The molecule has 2 fully saturated rings. The molecule has 2 aromatic rings. The molecule has 1 aliphatic heterocycles. The molecule has 2 heterocycles. The summed E-state index contributed by atoms with van der Waals surface area (Å²) in [6.45, 7) is 3.06. The quantitative estimate of drug-likeness (QED) is 0.866. The van der Waals surface area contributed by atoms with Crippen molar-refractivity contribution in [2.45, 2.75) is 24.8 Å². The summed E-state index contributed by atoms with van der Waals surface area (Å²) < 4.78 is 5.43. The van der Waals surface area contributed by atoms with Gasteiger partial charge in [-0.05, 0) is 43.5 Å². The van der Waals surface area contributed by atoms with E-state index in [4.69, 9.17) is 4.74 Å². The molecule has 0 spiro atoms. The van der Waals surface area contributed by atoms with E-state index in [-0.39, 0.29) is 11.4 Å². The summed E-state index contributed by atoms with van der Waals surface area (Å²) in [6.07, 6.45) is 4.64. The molecule has 1 amide bonds. The third kappa shape index (κ3) is 3.43. The van der Waals surface area contributed by atoms with Gasteiger partial charge in [0.05, 0.1) is 25.1 Å². The standard InChI is InChI=1S/C20H24N4O2/c25-19(20(9-4-10-20)24-11-13-26-14-12-24)23-17-7-8-18(21-15-17)22-16-5-2-1-3-6-16/h1-3,5-8,15H,4,9-14H2,(H,21,22)(H,23,25). The average molecular weight is 352 g/mol. The van der Waals surface area contributed by atoms with Crippen molar-refractivity contribution in [2.75, 3.05) is 36.9 Å². The predicted octanol–water partition coefficient (Wildman–Crippen LogP) is 3.02. The second kappa shape index (κ2) is 7.43. The number of nitrogens with one attached hydrogen (secondary N) is 2. The van der Waals surface area contributed by atoms with Crippen LogP contribution in [0.3, 0.4) is 0 Å². The molecule has 2 N–H and O–H groups in total. The van der Waals surface area contributed by atoms with Crippen molar-refractivity contribution in [2.24, 2.45) is 0 Å². The van der Waals surface area contributed by atoms with Crippen LogP contribution in [0.4, 0.5) is 17.2 Å². The summed E-state index contributed by atoms with van der Waals surface area (Å²) in [6, 6.07) is 13.7. The number of hydrogen-bond donors (Lipinski definition) is 2. The number of hydrogen-bond acceptors (Lipinski definition) is 5. The van der Waals surface area contributed by atoms with E-state index in [2.05, 4.69) is 20.5 Å². The van der Waals surface area contributed by atoms with Gasteiger partial charge in [0.15, 0.2) is 0 Å². The highest BCUT2D eigenvalue weighted by atomic mass is 16.5. The Kier molecular flexibility index (Phi) is 4.86. The third-order valence-electron chi connectivity index (χ3n) is 5.29. The number of nitrogens with zero attached hydrogens (tertiary/aromatic N) is 2. The summed E-state index contributed by atoms with van der Waals surface area (Å²) in [5.41, 5.74) is 1.34. The van der Waals surface area contributed by atoms with Gasteiger partial charge in [-0.2, -0.15) is 0 Å². The lowest BCUT2D eigenvalue weighted by molar-refractivity contribution is -0.139. The van der Waals surface area contributed by atoms with Gasteiger partial charge >= 0.3 is 0 Å². The van der Waals surface area contributed by atoms with Crippen molar-refractivity contribution < 1.29 is 9.53 Å². The monoisotopic (exact) mass is 352 g/mol. The van der Waals surface area contributed by atoms with E-state index in [1.165, 1.54) is 0 Å². The summed E-state index contributed by atoms with van der Waals surface area (Å²) in [4.78, 5) is 19.6. The highest BCUT2D eigenvalue weighted by Crippen LogP contribution is 2.39. The van der Waals surface area contributed by atoms with E-state index in [9.17, 15) is 4.79 Å². The summed E-state index contributed by atoms with van der Waals surface area (Å²) in [5, 5.41) is 6.30. The van der Waals surface area contributed by atoms with Crippen LogP contribution in [0.1, 0.15) is 19.3 Å². The first-order valence-corrected chi connectivity index (χ1v) is 9.19. The van der Waals surface area contributed by atoms with Crippen LogP contribution in [0.2, 0.25) is 0 Å². The average Bonchev–Trinajstić information content (AvgIpc) is 2.64. The number of carbonyl (C=O) groups is 1. The Morgan fingerprint density at radius 3 is 2.42 bits per heavy atom. The van der Waals surface area contributed by atoms with E-state index < -0.39 is 0 Å². The van der Waals surface area contributed by atoms with Crippen LogP contribution < -0.4 is 10.6 Å². The number of benzene rings is 1. The molecule has 1 aliphatic carbocycles. The van der Waals surface area contributed by atoms with Crippen LogP contribution in [0.25, 0.3) is 0 Å². The van der Waals surface area contributed by atoms with Crippen molar-refractivity contribution in [3.05, 3.63) is 48.7 Å². The van der Waals surface area contributed by atoms with Gasteiger partial charge in [0, 0.05) is 18.8 Å². The number of aromatic nitrogens is 1. The van der Waals surface area contributed by atoms with E-state index in [0.717, 1.165) is 49.5 Å². The van der Waals surface area contributed by atoms with Crippen molar-refractivity contribution in [1.82, 2.24) is 9.88 Å². The molecule has 1 saturated carbocycles. The van der Waals surface area contributed by atoms with Crippen molar-refractivity contribution in [1.29, 1.82) is 0 Å². The van der Waals surface area contributed by atoms with Crippen molar-refractivity contribution in [3.8, 4) is 0 Å². The van der Waals surface area contributed by atoms with Gasteiger partial charge in [-0.25, -0.2) is 4.98 Å². The first kappa shape index (κ1) is 17.0. The SMILES string of the molecule is O=C(Nc1ccc(Nc2ccccc2)nc1)C1(N2CCOCC2)CCC1. The van der Waals surface area contributed by atoms with Gasteiger partial charge in [0.2, 0.25) is 5.91 Å². The second-order valence-corrected chi connectivity index (χ2v) is 6.86. The fourth-order valence-electron chi connectivity index (χ4n) is 3.65. The molecule has 1 aromatic carbocycles. The Morgan fingerprint density at radius 2 is 1.81 bits per heavy atom. The first-order valence-electron chi connectivity index (χ1n) is 9.19. The van der Waals surface area contributed by atoms with E-state index in [1.807, 2.05) is 42.5 Å². The minimum absolute atomic E-state index is 0.0798. The Labute approximate surface area is 153 Å². The molecule has 136 valence electrons. The molecule has 4 rings (SSSR count). The summed E-state index contributed by atoms with van der Waals surface area (Å²) in [7, 11) is 0. The normalized spacial score (nSPS) is 19.4. The van der Waals surface area contributed by atoms with Gasteiger partial charge in [0.25, 0.3) is 0 Å². The zero-order valence-corrected chi connectivity index (χ0v) is 14.8. The Balaban J connectivity index is 1.41. The molecule has 0 radical (unpaired) electrons.